The van der Waals surface area contributed by atoms with E-state index in [-0.39, 0.29) is 0 Å². The molecule has 0 aliphatic carbocycles. The van der Waals surface area contributed by atoms with Crippen molar-refractivity contribution < 1.29 is 9.47 Å². The summed E-state index contributed by atoms with van der Waals surface area (Å²) in [6.07, 6.45) is 4.76. The van der Waals surface area contributed by atoms with Crippen LogP contribution in [0.5, 0.6) is 11.5 Å². The maximum atomic E-state index is 5.43. The lowest BCUT2D eigenvalue weighted by molar-refractivity contribution is 0.174. The molecule has 2 aliphatic heterocycles. The molecule has 0 spiro atoms. The Balaban J connectivity index is 1.39. The van der Waals surface area contributed by atoms with E-state index in [1.165, 1.54) is 38.0 Å². The Morgan fingerprint density at radius 2 is 2.00 bits per heavy atom. The second kappa shape index (κ2) is 9.51. The van der Waals surface area contributed by atoms with Crippen molar-refractivity contribution in [1.29, 1.82) is 0 Å². The molecule has 138 valence electrons. The van der Waals surface area contributed by atoms with E-state index >= 15 is 0 Å². The number of ether oxygens (including phenoxy) is 2. The molecule has 6 heteroatoms. The number of fused-ring (bicyclic) bond motifs is 1. The first kappa shape index (κ1) is 17.9. The molecule has 0 saturated carbocycles. The molecule has 2 N–H and O–H groups in total. The molecule has 6 nitrogen and oxygen atoms in total. The summed E-state index contributed by atoms with van der Waals surface area (Å²) < 4.78 is 10.8. The third-order valence-electron chi connectivity index (χ3n) is 4.59. The monoisotopic (exact) mass is 346 g/mol. The van der Waals surface area contributed by atoms with Gasteiger partial charge in [-0.25, -0.2) is 0 Å². The summed E-state index contributed by atoms with van der Waals surface area (Å²) >= 11 is 0. The van der Waals surface area contributed by atoms with Crippen molar-refractivity contribution >= 4 is 5.96 Å². The summed E-state index contributed by atoms with van der Waals surface area (Å²) in [7, 11) is 0. The van der Waals surface area contributed by atoms with Gasteiger partial charge in [-0.1, -0.05) is 6.07 Å². The normalized spacial score (nSPS) is 17.1. The van der Waals surface area contributed by atoms with E-state index in [2.05, 4.69) is 39.6 Å². The first-order chi connectivity index (χ1) is 12.3. The Hall–Kier alpha value is -1.95. The molecule has 2 heterocycles. The minimum Gasteiger partial charge on any atom is -0.454 e. The summed E-state index contributed by atoms with van der Waals surface area (Å²) in [5.41, 5.74) is 1.24. The molecule has 1 saturated heterocycles. The van der Waals surface area contributed by atoms with Gasteiger partial charge in [0.1, 0.15) is 0 Å². The highest BCUT2D eigenvalue weighted by Crippen LogP contribution is 2.32. The molecule has 0 amide bonds. The van der Waals surface area contributed by atoms with Crippen molar-refractivity contribution in [1.82, 2.24) is 15.5 Å². The number of aliphatic imine (C=N–C) groups is 1. The average molecular weight is 346 g/mol. The summed E-state index contributed by atoms with van der Waals surface area (Å²) in [5.74, 6) is 2.59. The molecule has 0 unspecified atom stereocenters. The topological polar surface area (TPSA) is 58.1 Å². The number of nitrogens with one attached hydrogen (secondary N) is 2. The number of nitrogens with zero attached hydrogens (tertiary/aromatic N) is 2. The number of rotatable bonds is 8. The predicted octanol–water partition coefficient (Wildman–Crippen LogP) is 2.00. The molecule has 25 heavy (non-hydrogen) atoms. The Morgan fingerprint density at radius 3 is 2.84 bits per heavy atom. The zero-order valence-corrected chi connectivity index (χ0v) is 15.2. The highest BCUT2D eigenvalue weighted by atomic mass is 16.7. The van der Waals surface area contributed by atoms with Crippen LogP contribution in [0.15, 0.2) is 23.2 Å². The van der Waals surface area contributed by atoms with Crippen molar-refractivity contribution in [3.63, 3.8) is 0 Å². The number of guanidine groups is 1. The van der Waals surface area contributed by atoms with Crippen molar-refractivity contribution in [3.8, 4) is 11.5 Å². The summed E-state index contributed by atoms with van der Waals surface area (Å²) in [6.45, 7) is 8.70. The largest absolute Gasteiger partial charge is 0.454 e. The molecular formula is C19H30N4O2. The zero-order valence-electron chi connectivity index (χ0n) is 15.2. The Bertz CT molecular complexity index is 571. The minimum absolute atomic E-state index is 0.325. The summed E-state index contributed by atoms with van der Waals surface area (Å²) in [6, 6.07) is 6.13. The zero-order chi connectivity index (χ0) is 17.3. The third-order valence-corrected chi connectivity index (χ3v) is 4.59. The smallest absolute Gasteiger partial charge is 0.231 e. The highest BCUT2D eigenvalue weighted by molar-refractivity contribution is 5.79. The number of likely N-dealkylation sites (tertiary alicyclic amines) is 1. The van der Waals surface area contributed by atoms with Gasteiger partial charge in [0.2, 0.25) is 6.79 Å². The quantitative estimate of drug-likeness (QED) is 0.428. The van der Waals surface area contributed by atoms with Crippen molar-refractivity contribution in [2.45, 2.75) is 32.6 Å². The maximum Gasteiger partial charge on any atom is 0.231 e. The van der Waals surface area contributed by atoms with E-state index in [0.29, 0.717) is 6.79 Å². The molecule has 1 fully saturated rings. The number of hydrogen-bond acceptors (Lipinski definition) is 4. The van der Waals surface area contributed by atoms with Crippen LogP contribution in [0.2, 0.25) is 0 Å². The maximum absolute atomic E-state index is 5.43. The van der Waals surface area contributed by atoms with Gasteiger partial charge in [-0.2, -0.15) is 0 Å². The molecule has 0 atom stereocenters. The average Bonchev–Trinajstić information content (AvgIpc) is 3.29. The predicted molar refractivity (Wildman–Crippen MR) is 101 cm³/mol. The van der Waals surface area contributed by atoms with Crippen LogP contribution in [0.3, 0.4) is 0 Å². The Morgan fingerprint density at radius 1 is 1.16 bits per heavy atom. The molecule has 0 radical (unpaired) electrons. The lowest BCUT2D eigenvalue weighted by Crippen LogP contribution is -2.38. The summed E-state index contributed by atoms with van der Waals surface area (Å²) in [4.78, 5) is 7.22. The highest BCUT2D eigenvalue weighted by Gasteiger charge is 2.13. The van der Waals surface area contributed by atoms with Crippen molar-refractivity contribution in [3.05, 3.63) is 23.8 Å². The number of hydrogen-bond donors (Lipinski definition) is 2. The van der Waals surface area contributed by atoms with Crippen LogP contribution in [-0.4, -0.2) is 56.9 Å². The summed E-state index contributed by atoms with van der Waals surface area (Å²) in [5, 5.41) is 6.74. The van der Waals surface area contributed by atoms with Gasteiger partial charge < -0.3 is 25.0 Å². The van der Waals surface area contributed by atoms with Gasteiger partial charge in [-0.05, 0) is 69.9 Å². The van der Waals surface area contributed by atoms with Crippen molar-refractivity contribution in [2.75, 3.05) is 46.1 Å². The van der Waals surface area contributed by atoms with E-state index in [1.807, 2.05) is 6.07 Å². The van der Waals surface area contributed by atoms with Gasteiger partial charge in [0.15, 0.2) is 17.5 Å². The van der Waals surface area contributed by atoms with Gasteiger partial charge in [-0.3, -0.25) is 4.99 Å². The lowest BCUT2D eigenvalue weighted by Gasteiger charge is -2.14. The van der Waals surface area contributed by atoms with E-state index in [9.17, 15) is 0 Å². The third kappa shape index (κ3) is 5.53. The van der Waals surface area contributed by atoms with Crippen LogP contribution in [0.4, 0.5) is 0 Å². The van der Waals surface area contributed by atoms with Crippen LogP contribution in [0.25, 0.3) is 0 Å². The second-order valence-corrected chi connectivity index (χ2v) is 6.53. The van der Waals surface area contributed by atoms with Gasteiger partial charge in [0.25, 0.3) is 0 Å². The van der Waals surface area contributed by atoms with Crippen LogP contribution >= 0.6 is 0 Å². The van der Waals surface area contributed by atoms with Crippen LogP contribution in [0, 0.1) is 0 Å². The first-order valence-electron chi connectivity index (χ1n) is 9.48. The number of benzene rings is 1. The Labute approximate surface area is 150 Å². The van der Waals surface area contributed by atoms with E-state index in [0.717, 1.165) is 49.9 Å². The fourth-order valence-electron chi connectivity index (χ4n) is 3.25. The van der Waals surface area contributed by atoms with E-state index < -0.39 is 0 Å². The van der Waals surface area contributed by atoms with Crippen LogP contribution < -0.4 is 20.1 Å². The molecule has 2 aliphatic rings. The molecule has 1 aromatic carbocycles. The fraction of sp³-hybridized carbons (Fsp3) is 0.632. The fourth-order valence-corrected chi connectivity index (χ4v) is 3.25. The molecule has 1 aromatic rings. The van der Waals surface area contributed by atoms with Crippen molar-refractivity contribution in [2.24, 2.45) is 4.99 Å². The Kier molecular flexibility index (Phi) is 6.79. The first-order valence-corrected chi connectivity index (χ1v) is 9.48. The van der Waals surface area contributed by atoms with Gasteiger partial charge in [0.05, 0.1) is 0 Å². The molecular weight excluding hydrogens is 316 g/mol. The van der Waals surface area contributed by atoms with Gasteiger partial charge >= 0.3 is 0 Å². The van der Waals surface area contributed by atoms with E-state index in [4.69, 9.17) is 9.47 Å². The van der Waals surface area contributed by atoms with Crippen LogP contribution in [-0.2, 0) is 6.42 Å². The van der Waals surface area contributed by atoms with Gasteiger partial charge in [-0.15, -0.1) is 0 Å². The van der Waals surface area contributed by atoms with Gasteiger partial charge in [0, 0.05) is 19.6 Å². The standard InChI is InChI=1S/C19H30N4O2/c1-2-20-19(21-9-5-13-23-11-3-4-12-23)22-10-8-16-6-7-17-18(14-16)25-15-24-17/h6-7,14H,2-5,8-13,15H2,1H3,(H2,20,21,22). The van der Waals surface area contributed by atoms with E-state index in [1.54, 1.807) is 0 Å². The molecule has 3 rings (SSSR count). The SMILES string of the molecule is CCNC(=NCCCN1CCCC1)NCCc1ccc2c(c1)OCO2. The second-order valence-electron chi connectivity index (χ2n) is 6.53. The van der Waals surface area contributed by atoms with Crippen LogP contribution in [0.1, 0.15) is 31.7 Å². The molecule has 0 aromatic heterocycles. The molecule has 0 bridgehead atoms. The minimum atomic E-state index is 0.325. The lowest BCUT2D eigenvalue weighted by atomic mass is 10.1.